The normalized spacial score (nSPS) is 34.8. The molecule has 19 heavy (non-hydrogen) atoms. The molecule has 7 heteroatoms. The highest BCUT2D eigenvalue weighted by Crippen LogP contribution is 2.56. The lowest BCUT2D eigenvalue weighted by Gasteiger charge is -2.58. The van der Waals surface area contributed by atoms with E-state index in [9.17, 15) is 23.1 Å². The second kappa shape index (κ2) is 4.01. The van der Waals surface area contributed by atoms with Crippen LogP contribution in [0.1, 0.15) is 27.2 Å². The summed E-state index contributed by atoms with van der Waals surface area (Å²) < 4.78 is 43.6. The highest BCUT2D eigenvalue weighted by Gasteiger charge is 2.71. The van der Waals surface area contributed by atoms with E-state index in [0.29, 0.717) is 6.42 Å². The van der Waals surface area contributed by atoms with Crippen molar-refractivity contribution in [2.75, 3.05) is 13.1 Å². The Morgan fingerprint density at radius 3 is 2.11 bits per heavy atom. The molecule has 1 aliphatic carbocycles. The van der Waals surface area contributed by atoms with Crippen LogP contribution in [0.3, 0.4) is 0 Å². The van der Waals surface area contributed by atoms with E-state index in [2.05, 4.69) is 0 Å². The summed E-state index contributed by atoms with van der Waals surface area (Å²) in [5.41, 5.74) is -3.31. The van der Waals surface area contributed by atoms with Gasteiger partial charge in [-0.1, -0.05) is 0 Å². The molecule has 1 amide bonds. The average Bonchev–Trinajstić information content (AvgIpc) is 2.24. The maximum absolute atomic E-state index is 12.8. The summed E-state index contributed by atoms with van der Waals surface area (Å²) in [6, 6.07) is 0. The fourth-order valence-electron chi connectivity index (χ4n) is 2.85. The molecule has 1 saturated carbocycles. The van der Waals surface area contributed by atoms with Gasteiger partial charge in [-0.15, -0.1) is 0 Å². The molecule has 0 aromatic rings. The van der Waals surface area contributed by atoms with Crippen molar-refractivity contribution in [3.8, 4) is 0 Å². The Hall–Kier alpha value is -0.980. The fourth-order valence-corrected chi connectivity index (χ4v) is 2.85. The molecule has 0 spiro atoms. The number of ether oxygens (including phenoxy) is 1. The van der Waals surface area contributed by atoms with E-state index >= 15 is 0 Å². The largest absolute Gasteiger partial charge is 0.444 e. The molecule has 0 aromatic carbocycles. The molecule has 1 N–H and O–H groups in total. The van der Waals surface area contributed by atoms with Crippen molar-refractivity contribution in [3.63, 3.8) is 0 Å². The molecule has 3 rings (SSSR count). The molecule has 2 heterocycles. The number of rotatable bonds is 0. The number of halogens is 3. The van der Waals surface area contributed by atoms with Gasteiger partial charge >= 0.3 is 12.3 Å². The number of nitrogens with zero attached hydrogens (tertiary/aromatic N) is 1. The zero-order valence-corrected chi connectivity index (χ0v) is 11.1. The third-order valence-electron chi connectivity index (χ3n) is 3.80. The topological polar surface area (TPSA) is 49.8 Å². The summed E-state index contributed by atoms with van der Waals surface area (Å²) in [7, 11) is 0. The maximum Gasteiger partial charge on any atom is 0.417 e. The number of piperidine rings is 2. The molecule has 0 aromatic heterocycles. The number of carbonyl (C=O) groups excluding carboxylic acids is 1. The summed E-state index contributed by atoms with van der Waals surface area (Å²) in [6.07, 6.45) is -4.96. The van der Waals surface area contributed by atoms with Gasteiger partial charge in [-0.25, -0.2) is 4.79 Å². The maximum atomic E-state index is 12.8. The van der Waals surface area contributed by atoms with Crippen LogP contribution < -0.4 is 0 Å². The predicted molar refractivity (Wildman–Crippen MR) is 60.4 cm³/mol. The van der Waals surface area contributed by atoms with Gasteiger partial charge in [-0.05, 0) is 27.2 Å². The lowest BCUT2D eigenvalue weighted by Crippen LogP contribution is -2.73. The number of hydrogen-bond acceptors (Lipinski definition) is 3. The van der Waals surface area contributed by atoms with Crippen molar-refractivity contribution in [3.05, 3.63) is 0 Å². The lowest BCUT2D eigenvalue weighted by molar-refractivity contribution is -0.349. The first-order chi connectivity index (χ1) is 8.45. The van der Waals surface area contributed by atoms with E-state index in [4.69, 9.17) is 4.74 Å². The summed E-state index contributed by atoms with van der Waals surface area (Å²) in [5.74, 6) is -1.89. The van der Waals surface area contributed by atoms with Crippen LogP contribution in [-0.2, 0) is 4.74 Å². The van der Waals surface area contributed by atoms with Crippen molar-refractivity contribution in [2.45, 2.75) is 44.6 Å². The van der Waals surface area contributed by atoms with Crippen LogP contribution in [0, 0.1) is 11.8 Å². The summed E-state index contributed by atoms with van der Waals surface area (Å²) in [4.78, 5) is 13.0. The molecule has 3 aliphatic rings. The van der Waals surface area contributed by atoms with E-state index in [1.165, 1.54) is 4.90 Å². The number of fused-ring (bicyclic) bond motifs is 2. The van der Waals surface area contributed by atoms with Crippen molar-refractivity contribution in [1.29, 1.82) is 0 Å². The minimum absolute atomic E-state index is 0.110. The van der Waals surface area contributed by atoms with Crippen molar-refractivity contribution >= 4 is 6.09 Å². The Balaban J connectivity index is 2.02. The molecule has 0 radical (unpaired) electrons. The van der Waals surface area contributed by atoms with E-state index in [0.717, 1.165) is 0 Å². The van der Waals surface area contributed by atoms with Gasteiger partial charge in [0.25, 0.3) is 0 Å². The van der Waals surface area contributed by atoms with Crippen LogP contribution in [0.25, 0.3) is 0 Å². The number of carbonyl (C=O) groups is 1. The number of alkyl halides is 3. The fraction of sp³-hybridized carbons (Fsp3) is 0.917. The Kier molecular flexibility index (Phi) is 3.04. The van der Waals surface area contributed by atoms with Gasteiger partial charge < -0.3 is 14.7 Å². The predicted octanol–water partition coefficient (Wildman–Crippen LogP) is 2.17. The Bertz CT molecular complexity index is 377. The summed E-state index contributed by atoms with van der Waals surface area (Å²) in [6.45, 7) is 4.87. The van der Waals surface area contributed by atoms with Gasteiger partial charge in [0.1, 0.15) is 5.60 Å². The van der Waals surface area contributed by atoms with E-state index in [-0.39, 0.29) is 13.1 Å². The number of amides is 1. The SMILES string of the molecule is CC(C)(C)OC(=O)N1CC2CC(C1)C2(O)C(F)(F)F. The van der Waals surface area contributed by atoms with Gasteiger partial charge in [0, 0.05) is 24.9 Å². The first-order valence-corrected chi connectivity index (χ1v) is 6.22. The average molecular weight is 281 g/mol. The Labute approximate surface area is 109 Å². The van der Waals surface area contributed by atoms with E-state index in [1.54, 1.807) is 20.8 Å². The molecule has 2 unspecified atom stereocenters. The third kappa shape index (κ3) is 2.28. The van der Waals surface area contributed by atoms with Crippen LogP contribution in [0.2, 0.25) is 0 Å². The van der Waals surface area contributed by atoms with Crippen LogP contribution in [-0.4, -0.2) is 46.6 Å². The summed E-state index contributed by atoms with van der Waals surface area (Å²) in [5, 5.41) is 9.75. The van der Waals surface area contributed by atoms with E-state index in [1.807, 2.05) is 0 Å². The number of hydrogen-bond donors (Lipinski definition) is 1. The van der Waals surface area contributed by atoms with Gasteiger partial charge in [0.15, 0.2) is 5.60 Å². The number of aliphatic hydroxyl groups is 1. The second-order valence-corrected chi connectivity index (χ2v) is 6.34. The van der Waals surface area contributed by atoms with Gasteiger partial charge in [0.2, 0.25) is 0 Å². The van der Waals surface area contributed by atoms with Crippen LogP contribution >= 0.6 is 0 Å². The van der Waals surface area contributed by atoms with Gasteiger partial charge in [0.05, 0.1) is 0 Å². The lowest BCUT2D eigenvalue weighted by atomic mass is 9.57. The van der Waals surface area contributed by atoms with Crippen molar-refractivity contribution < 1.29 is 27.8 Å². The molecule has 2 bridgehead atoms. The highest BCUT2D eigenvalue weighted by molar-refractivity contribution is 5.68. The summed E-state index contributed by atoms with van der Waals surface area (Å²) >= 11 is 0. The first kappa shape index (κ1) is 14.4. The first-order valence-electron chi connectivity index (χ1n) is 6.22. The zero-order valence-electron chi connectivity index (χ0n) is 11.1. The van der Waals surface area contributed by atoms with Gasteiger partial charge in [-0.2, -0.15) is 13.2 Å². The molecule has 2 atom stereocenters. The molecular weight excluding hydrogens is 263 g/mol. The molecule has 2 aliphatic heterocycles. The molecule has 2 saturated heterocycles. The second-order valence-electron chi connectivity index (χ2n) is 6.34. The van der Waals surface area contributed by atoms with E-state index < -0.39 is 35.3 Å². The Morgan fingerprint density at radius 2 is 1.74 bits per heavy atom. The Morgan fingerprint density at radius 1 is 1.26 bits per heavy atom. The third-order valence-corrected chi connectivity index (χ3v) is 3.80. The minimum atomic E-state index is -4.64. The van der Waals surface area contributed by atoms with Crippen molar-refractivity contribution in [1.82, 2.24) is 4.90 Å². The molecule has 110 valence electrons. The van der Waals surface area contributed by atoms with Crippen LogP contribution in [0.15, 0.2) is 0 Å². The molecule has 4 nitrogen and oxygen atoms in total. The highest BCUT2D eigenvalue weighted by atomic mass is 19.4. The standard InChI is InChI=1S/C12H18F3NO3/c1-10(2,3)19-9(17)16-5-7-4-8(6-16)11(7,18)12(13,14)15/h7-8,18H,4-6H2,1-3H3. The monoisotopic (exact) mass is 281 g/mol. The van der Waals surface area contributed by atoms with Gasteiger partial charge in [-0.3, -0.25) is 0 Å². The van der Waals surface area contributed by atoms with Crippen molar-refractivity contribution in [2.24, 2.45) is 11.8 Å². The van der Waals surface area contributed by atoms with Crippen LogP contribution in [0.5, 0.6) is 0 Å². The molecular formula is C12H18F3NO3. The molecule has 3 fully saturated rings. The smallest absolute Gasteiger partial charge is 0.417 e. The zero-order chi connectivity index (χ0) is 14.6. The minimum Gasteiger partial charge on any atom is -0.444 e. The quantitative estimate of drug-likeness (QED) is 0.740. The van der Waals surface area contributed by atoms with Crippen LogP contribution in [0.4, 0.5) is 18.0 Å².